The molecule has 0 fully saturated rings. The number of rotatable bonds is 6. The van der Waals surface area contributed by atoms with Gasteiger partial charge in [0.2, 0.25) is 0 Å². The molecule has 88 valence electrons. The number of hydrogen-bond donors (Lipinski definition) is 0. The van der Waals surface area contributed by atoms with Crippen LogP contribution in [0.15, 0.2) is 54.9 Å². The minimum absolute atomic E-state index is 0.725. The summed E-state index contributed by atoms with van der Waals surface area (Å²) in [6.07, 6.45) is 3.48. The lowest BCUT2D eigenvalue weighted by Gasteiger charge is -2.05. The molecular formula is C14H15NOS. The van der Waals surface area contributed by atoms with Crippen LogP contribution < -0.4 is 4.74 Å². The van der Waals surface area contributed by atoms with Gasteiger partial charge in [-0.05, 0) is 17.7 Å². The first-order valence-corrected chi connectivity index (χ1v) is 6.75. The smallest absolute Gasteiger partial charge is 0.137 e. The Morgan fingerprint density at radius 2 is 1.94 bits per heavy atom. The van der Waals surface area contributed by atoms with Crippen molar-refractivity contribution >= 4 is 11.8 Å². The molecule has 0 amide bonds. The Balaban J connectivity index is 1.61. The molecule has 0 N–H and O–H groups in total. The Morgan fingerprint density at radius 3 is 2.71 bits per heavy atom. The van der Waals surface area contributed by atoms with Crippen molar-refractivity contribution in [3.8, 4) is 5.75 Å². The molecule has 2 rings (SSSR count). The lowest BCUT2D eigenvalue weighted by atomic mass is 10.2. The van der Waals surface area contributed by atoms with Crippen LogP contribution in [0.2, 0.25) is 0 Å². The van der Waals surface area contributed by atoms with Crippen molar-refractivity contribution in [3.63, 3.8) is 0 Å². The molecular weight excluding hydrogens is 230 g/mol. The van der Waals surface area contributed by atoms with Crippen LogP contribution in [-0.2, 0) is 5.75 Å². The van der Waals surface area contributed by atoms with Crippen LogP contribution in [-0.4, -0.2) is 17.3 Å². The van der Waals surface area contributed by atoms with Gasteiger partial charge in [0.15, 0.2) is 0 Å². The van der Waals surface area contributed by atoms with Crippen LogP contribution in [0.1, 0.15) is 5.56 Å². The van der Waals surface area contributed by atoms with Crippen molar-refractivity contribution in [1.29, 1.82) is 0 Å². The predicted molar refractivity (Wildman–Crippen MR) is 72.3 cm³/mol. The Kier molecular flexibility index (Phi) is 4.91. The Bertz CT molecular complexity index is 377. The molecule has 0 aliphatic heterocycles. The molecule has 1 aromatic heterocycles. The van der Waals surface area contributed by atoms with Gasteiger partial charge in [-0.1, -0.05) is 30.3 Å². The van der Waals surface area contributed by atoms with Gasteiger partial charge >= 0.3 is 0 Å². The number of hydrogen-bond acceptors (Lipinski definition) is 3. The number of aromatic nitrogens is 1. The molecule has 0 unspecified atom stereocenters. The van der Waals surface area contributed by atoms with Crippen molar-refractivity contribution in [2.45, 2.75) is 5.75 Å². The second-order valence-electron chi connectivity index (χ2n) is 3.58. The topological polar surface area (TPSA) is 22.1 Å². The van der Waals surface area contributed by atoms with Gasteiger partial charge in [0.05, 0.1) is 12.8 Å². The summed E-state index contributed by atoms with van der Waals surface area (Å²) >= 11 is 1.88. The highest BCUT2D eigenvalue weighted by atomic mass is 32.2. The van der Waals surface area contributed by atoms with E-state index in [1.54, 1.807) is 12.4 Å². The fourth-order valence-electron chi connectivity index (χ4n) is 1.42. The SMILES string of the molecule is c1ccc(CSCCOc2cccnc2)cc1. The van der Waals surface area contributed by atoms with Gasteiger partial charge < -0.3 is 4.74 Å². The van der Waals surface area contributed by atoms with Crippen LogP contribution in [0.3, 0.4) is 0 Å². The standard InChI is InChI=1S/C14H15NOS/c1-2-5-13(6-3-1)12-17-10-9-16-14-7-4-8-15-11-14/h1-8,11H,9-10,12H2. The maximum Gasteiger partial charge on any atom is 0.137 e. The van der Waals surface area contributed by atoms with Crippen molar-refractivity contribution in [1.82, 2.24) is 4.98 Å². The first-order chi connectivity index (χ1) is 8.45. The van der Waals surface area contributed by atoms with Gasteiger partial charge in [-0.25, -0.2) is 0 Å². The lowest BCUT2D eigenvalue weighted by Crippen LogP contribution is -2.00. The van der Waals surface area contributed by atoms with Crippen molar-refractivity contribution in [2.75, 3.05) is 12.4 Å². The highest BCUT2D eigenvalue weighted by molar-refractivity contribution is 7.98. The minimum atomic E-state index is 0.725. The maximum atomic E-state index is 5.56. The molecule has 0 saturated heterocycles. The molecule has 0 aliphatic rings. The number of ether oxygens (including phenoxy) is 1. The van der Waals surface area contributed by atoms with E-state index in [0.717, 1.165) is 23.9 Å². The number of thioether (sulfide) groups is 1. The summed E-state index contributed by atoms with van der Waals surface area (Å²) in [7, 11) is 0. The van der Waals surface area contributed by atoms with Crippen LogP contribution >= 0.6 is 11.8 Å². The van der Waals surface area contributed by atoms with E-state index >= 15 is 0 Å². The monoisotopic (exact) mass is 245 g/mol. The summed E-state index contributed by atoms with van der Waals surface area (Å²) in [5, 5.41) is 0. The average Bonchev–Trinajstić information content (AvgIpc) is 2.41. The zero-order chi connectivity index (χ0) is 11.8. The lowest BCUT2D eigenvalue weighted by molar-refractivity contribution is 0.342. The molecule has 0 aliphatic carbocycles. The summed E-state index contributed by atoms with van der Waals surface area (Å²) in [6, 6.07) is 14.3. The first kappa shape index (κ1) is 12.0. The average molecular weight is 245 g/mol. The van der Waals surface area contributed by atoms with Gasteiger partial charge in [-0.2, -0.15) is 11.8 Å². The second kappa shape index (κ2) is 6.97. The fraction of sp³-hybridized carbons (Fsp3) is 0.214. The Hall–Kier alpha value is -1.48. The van der Waals surface area contributed by atoms with E-state index in [4.69, 9.17) is 4.74 Å². The highest BCUT2D eigenvalue weighted by Crippen LogP contribution is 2.12. The molecule has 0 atom stereocenters. The largest absolute Gasteiger partial charge is 0.491 e. The quantitative estimate of drug-likeness (QED) is 0.728. The third kappa shape index (κ3) is 4.49. The van der Waals surface area contributed by atoms with Gasteiger partial charge in [-0.3, -0.25) is 4.98 Å². The molecule has 1 heterocycles. The van der Waals surface area contributed by atoms with Gasteiger partial charge in [0.1, 0.15) is 5.75 Å². The predicted octanol–water partition coefficient (Wildman–Crippen LogP) is 3.39. The van der Waals surface area contributed by atoms with Crippen LogP contribution in [0.5, 0.6) is 5.75 Å². The third-order valence-electron chi connectivity index (χ3n) is 2.24. The van der Waals surface area contributed by atoms with Crippen molar-refractivity contribution in [2.24, 2.45) is 0 Å². The van der Waals surface area contributed by atoms with Crippen LogP contribution in [0, 0.1) is 0 Å². The maximum absolute atomic E-state index is 5.56. The van der Waals surface area contributed by atoms with Crippen LogP contribution in [0.25, 0.3) is 0 Å². The van der Waals surface area contributed by atoms with E-state index in [0.29, 0.717) is 0 Å². The summed E-state index contributed by atoms with van der Waals surface area (Å²) in [4.78, 5) is 4.00. The molecule has 0 saturated carbocycles. The van der Waals surface area contributed by atoms with Crippen molar-refractivity contribution in [3.05, 3.63) is 60.4 Å². The molecule has 0 bridgehead atoms. The molecule has 1 aromatic carbocycles. The second-order valence-corrected chi connectivity index (χ2v) is 4.68. The Morgan fingerprint density at radius 1 is 1.06 bits per heavy atom. The van der Waals surface area contributed by atoms with E-state index < -0.39 is 0 Å². The molecule has 0 radical (unpaired) electrons. The van der Waals surface area contributed by atoms with E-state index in [2.05, 4.69) is 29.2 Å². The Labute approximate surface area is 106 Å². The molecule has 3 heteroatoms. The van der Waals surface area contributed by atoms with Gasteiger partial charge in [0, 0.05) is 17.7 Å². The molecule has 2 nitrogen and oxygen atoms in total. The van der Waals surface area contributed by atoms with Crippen molar-refractivity contribution < 1.29 is 4.74 Å². The van der Waals surface area contributed by atoms with E-state index in [-0.39, 0.29) is 0 Å². The third-order valence-corrected chi connectivity index (χ3v) is 3.24. The van der Waals surface area contributed by atoms with E-state index in [1.165, 1.54) is 5.56 Å². The summed E-state index contributed by atoms with van der Waals surface area (Å²) in [6.45, 7) is 0.725. The molecule has 0 spiro atoms. The van der Waals surface area contributed by atoms with Crippen LogP contribution in [0.4, 0.5) is 0 Å². The first-order valence-electron chi connectivity index (χ1n) is 5.59. The van der Waals surface area contributed by atoms with Gasteiger partial charge in [0.25, 0.3) is 0 Å². The fourth-order valence-corrected chi connectivity index (χ4v) is 2.19. The number of nitrogens with zero attached hydrogens (tertiary/aromatic N) is 1. The summed E-state index contributed by atoms with van der Waals surface area (Å²) in [5.74, 6) is 2.87. The minimum Gasteiger partial charge on any atom is -0.491 e. The normalized spacial score (nSPS) is 10.1. The summed E-state index contributed by atoms with van der Waals surface area (Å²) < 4.78 is 5.56. The zero-order valence-electron chi connectivity index (χ0n) is 9.58. The summed E-state index contributed by atoms with van der Waals surface area (Å²) in [5.41, 5.74) is 1.36. The van der Waals surface area contributed by atoms with E-state index in [9.17, 15) is 0 Å². The molecule has 2 aromatic rings. The highest BCUT2D eigenvalue weighted by Gasteiger charge is 1.94. The number of pyridine rings is 1. The number of benzene rings is 1. The van der Waals surface area contributed by atoms with E-state index in [1.807, 2.05) is 30.0 Å². The van der Waals surface area contributed by atoms with Gasteiger partial charge in [-0.15, -0.1) is 0 Å². The zero-order valence-corrected chi connectivity index (χ0v) is 10.4. The molecule has 17 heavy (non-hydrogen) atoms.